The van der Waals surface area contributed by atoms with Gasteiger partial charge in [-0.3, -0.25) is 0 Å². The largest absolute Gasteiger partial charge is 0.478 e. The number of carboxylic acids is 1. The first-order valence-corrected chi connectivity index (χ1v) is 11.8. The molecule has 0 bridgehead atoms. The summed E-state index contributed by atoms with van der Waals surface area (Å²) in [6.45, 7) is 0. The Hall–Kier alpha value is -3.43. The molecule has 0 heterocycles. The average Bonchev–Trinajstić information content (AvgIpc) is 3.18. The van der Waals surface area contributed by atoms with Gasteiger partial charge in [0.2, 0.25) is 10.0 Å². The highest BCUT2D eigenvalue weighted by Crippen LogP contribution is 2.37. The van der Waals surface area contributed by atoms with Gasteiger partial charge in [0.15, 0.2) is 0 Å². The van der Waals surface area contributed by atoms with Gasteiger partial charge < -0.3 is 5.11 Å². The zero-order chi connectivity index (χ0) is 24.5. The first kappa shape index (κ1) is 23.7. The van der Waals surface area contributed by atoms with Crippen LogP contribution in [0.15, 0.2) is 77.7 Å². The number of rotatable bonds is 6. The first-order chi connectivity index (χ1) is 16.0. The van der Waals surface area contributed by atoms with Crippen molar-refractivity contribution in [3.63, 3.8) is 0 Å². The number of carbonyl (C=O) groups is 1. The maximum atomic E-state index is 13.8. The van der Waals surface area contributed by atoms with E-state index in [4.69, 9.17) is 5.11 Å². The molecule has 0 fully saturated rings. The minimum Gasteiger partial charge on any atom is -0.478 e. The fourth-order valence-corrected chi connectivity index (χ4v) is 5.52. The van der Waals surface area contributed by atoms with E-state index in [1.807, 2.05) is 0 Å². The lowest BCUT2D eigenvalue weighted by Crippen LogP contribution is -2.36. The van der Waals surface area contributed by atoms with Crippen LogP contribution in [0.3, 0.4) is 0 Å². The summed E-state index contributed by atoms with van der Waals surface area (Å²) >= 11 is 0. The van der Waals surface area contributed by atoms with Crippen LogP contribution < -0.4 is 4.72 Å². The minimum atomic E-state index is -4.86. The monoisotopic (exact) mass is 487 g/mol. The molecule has 0 saturated heterocycles. The van der Waals surface area contributed by atoms with E-state index in [2.05, 4.69) is 4.72 Å². The highest BCUT2D eigenvalue weighted by atomic mass is 32.2. The molecule has 1 unspecified atom stereocenters. The lowest BCUT2D eigenvalue weighted by Gasteiger charge is -2.18. The molecule has 0 radical (unpaired) electrons. The lowest BCUT2D eigenvalue weighted by molar-refractivity contribution is -0.139. The van der Waals surface area contributed by atoms with Crippen LogP contribution in [0, 0.1) is 0 Å². The quantitative estimate of drug-likeness (QED) is 0.484. The van der Waals surface area contributed by atoms with Crippen molar-refractivity contribution in [2.45, 2.75) is 30.0 Å². The van der Waals surface area contributed by atoms with E-state index in [9.17, 15) is 26.4 Å². The molecule has 0 aromatic heterocycles. The molecule has 5 nitrogen and oxygen atoms in total. The molecule has 0 saturated carbocycles. The fourth-order valence-electron chi connectivity index (χ4n) is 4.07. The molecule has 3 aromatic carbocycles. The molecule has 1 aliphatic carbocycles. The number of nitrogens with one attached hydrogen (secondary N) is 1. The molecular weight excluding hydrogens is 467 g/mol. The standard InChI is InChI=1S/C25H20F3NO4S/c26-25(27,28)22-15-19(17-4-2-1-3-5-17)9-10-23(22)34(32,33)29-21-13-18-8-6-16(7-11-24(30)31)12-20(18)14-21/h1-12,15,21,29H,13-14H2,(H,30,31). The van der Waals surface area contributed by atoms with Crippen molar-refractivity contribution in [3.05, 3.63) is 95.1 Å². The Morgan fingerprint density at radius 3 is 2.32 bits per heavy atom. The molecule has 3 aromatic rings. The van der Waals surface area contributed by atoms with Crippen molar-refractivity contribution in [1.82, 2.24) is 4.72 Å². The van der Waals surface area contributed by atoms with E-state index in [1.54, 1.807) is 48.5 Å². The predicted octanol–water partition coefficient (Wildman–Crippen LogP) is 4.92. The van der Waals surface area contributed by atoms with E-state index >= 15 is 0 Å². The number of halogens is 3. The zero-order valence-corrected chi connectivity index (χ0v) is 18.5. The van der Waals surface area contributed by atoms with Gasteiger partial charge in [-0.25, -0.2) is 17.9 Å². The summed E-state index contributed by atoms with van der Waals surface area (Å²) in [5, 5.41) is 8.76. The number of fused-ring (bicyclic) bond motifs is 1. The normalized spacial score (nSPS) is 16.0. The van der Waals surface area contributed by atoms with Crippen molar-refractivity contribution in [2.24, 2.45) is 0 Å². The maximum absolute atomic E-state index is 13.8. The molecule has 0 spiro atoms. The van der Waals surface area contributed by atoms with Crippen molar-refractivity contribution in [1.29, 1.82) is 0 Å². The molecule has 2 N–H and O–H groups in total. The second-order valence-electron chi connectivity index (χ2n) is 8.00. The van der Waals surface area contributed by atoms with Crippen LogP contribution >= 0.6 is 0 Å². The minimum absolute atomic E-state index is 0.266. The van der Waals surface area contributed by atoms with Crippen molar-refractivity contribution in [2.75, 3.05) is 0 Å². The zero-order valence-electron chi connectivity index (χ0n) is 17.7. The third-order valence-electron chi connectivity index (χ3n) is 5.58. The number of carboxylic acid groups (broad SMARTS) is 1. The number of benzene rings is 3. The molecule has 0 aliphatic heterocycles. The van der Waals surface area contributed by atoms with Crippen LogP contribution in [0.1, 0.15) is 22.3 Å². The molecule has 9 heteroatoms. The number of sulfonamides is 1. The molecule has 176 valence electrons. The van der Waals surface area contributed by atoms with Gasteiger partial charge in [0, 0.05) is 12.1 Å². The van der Waals surface area contributed by atoms with E-state index in [-0.39, 0.29) is 12.0 Å². The number of aliphatic carboxylic acids is 1. The van der Waals surface area contributed by atoms with Crippen LogP contribution in [0.2, 0.25) is 0 Å². The fraction of sp³-hybridized carbons (Fsp3) is 0.160. The maximum Gasteiger partial charge on any atom is 0.417 e. The Kier molecular flexibility index (Phi) is 6.33. The van der Waals surface area contributed by atoms with Gasteiger partial charge in [-0.15, -0.1) is 0 Å². The van der Waals surface area contributed by atoms with Crippen molar-refractivity contribution >= 4 is 22.1 Å². The summed E-state index contributed by atoms with van der Waals surface area (Å²) < 4.78 is 70.0. The van der Waals surface area contributed by atoms with Gasteiger partial charge in [-0.2, -0.15) is 13.2 Å². The van der Waals surface area contributed by atoms with Crippen molar-refractivity contribution < 1.29 is 31.5 Å². The SMILES string of the molecule is O=C(O)C=Cc1ccc2c(c1)CC(NS(=O)(=O)c1ccc(-c3ccccc3)cc1C(F)(F)F)C2. The molecule has 34 heavy (non-hydrogen) atoms. The second-order valence-corrected chi connectivity index (χ2v) is 9.68. The third-order valence-corrected chi connectivity index (χ3v) is 7.16. The molecule has 1 atom stereocenters. The summed E-state index contributed by atoms with van der Waals surface area (Å²) in [5.41, 5.74) is 1.90. The van der Waals surface area contributed by atoms with Crippen LogP contribution in [-0.2, 0) is 33.8 Å². The highest BCUT2D eigenvalue weighted by molar-refractivity contribution is 7.89. The van der Waals surface area contributed by atoms with Gasteiger partial charge in [0.25, 0.3) is 0 Å². The third kappa shape index (κ3) is 5.21. The van der Waals surface area contributed by atoms with Crippen LogP contribution in [0.4, 0.5) is 13.2 Å². The second kappa shape index (κ2) is 9.08. The molecule has 0 amide bonds. The summed E-state index contributed by atoms with van der Waals surface area (Å²) in [4.78, 5) is 9.89. The Morgan fingerprint density at radius 1 is 0.941 bits per heavy atom. The summed E-state index contributed by atoms with van der Waals surface area (Å²) in [6, 6.07) is 16.2. The number of alkyl halides is 3. The topological polar surface area (TPSA) is 83.5 Å². The first-order valence-electron chi connectivity index (χ1n) is 10.3. The number of hydrogen-bond donors (Lipinski definition) is 2. The summed E-state index contributed by atoms with van der Waals surface area (Å²) in [5.74, 6) is -1.09. The van der Waals surface area contributed by atoms with Crippen LogP contribution in [0.25, 0.3) is 17.2 Å². The molecular formula is C25H20F3NO4S. The lowest BCUT2D eigenvalue weighted by atomic mass is 10.0. The summed E-state index contributed by atoms with van der Waals surface area (Å²) in [6.07, 6.45) is -1.84. The Balaban J connectivity index is 1.60. The van der Waals surface area contributed by atoms with Crippen LogP contribution in [0.5, 0.6) is 0 Å². The Labute approximate surface area is 194 Å². The van der Waals surface area contributed by atoms with Crippen molar-refractivity contribution in [3.8, 4) is 11.1 Å². The van der Waals surface area contributed by atoms with Gasteiger partial charge >= 0.3 is 12.1 Å². The van der Waals surface area contributed by atoms with E-state index in [1.165, 1.54) is 12.1 Å². The van der Waals surface area contributed by atoms with Gasteiger partial charge in [0.05, 0.1) is 10.5 Å². The predicted molar refractivity (Wildman–Crippen MR) is 122 cm³/mol. The summed E-state index contributed by atoms with van der Waals surface area (Å²) in [7, 11) is -4.47. The van der Waals surface area contributed by atoms with Gasteiger partial charge in [-0.05, 0) is 58.9 Å². The van der Waals surface area contributed by atoms with E-state index in [0.29, 0.717) is 17.5 Å². The van der Waals surface area contributed by atoms with Crippen LogP contribution in [-0.4, -0.2) is 25.5 Å². The number of hydrogen-bond acceptors (Lipinski definition) is 3. The highest BCUT2D eigenvalue weighted by Gasteiger charge is 2.38. The Morgan fingerprint density at radius 2 is 1.65 bits per heavy atom. The smallest absolute Gasteiger partial charge is 0.417 e. The molecule has 1 aliphatic rings. The average molecular weight is 487 g/mol. The Bertz CT molecular complexity index is 1370. The molecule has 4 rings (SSSR count). The van der Waals surface area contributed by atoms with Gasteiger partial charge in [-0.1, -0.05) is 54.6 Å². The van der Waals surface area contributed by atoms with E-state index in [0.717, 1.165) is 29.3 Å². The van der Waals surface area contributed by atoms with Gasteiger partial charge in [0.1, 0.15) is 0 Å². The van der Waals surface area contributed by atoms with E-state index < -0.39 is 38.7 Å².